The lowest BCUT2D eigenvalue weighted by Crippen LogP contribution is -2.45. The summed E-state index contributed by atoms with van der Waals surface area (Å²) in [5.41, 5.74) is 1.11. The van der Waals surface area contributed by atoms with E-state index in [0.717, 1.165) is 18.8 Å². The van der Waals surface area contributed by atoms with Crippen LogP contribution in [0.4, 0.5) is 0 Å². The van der Waals surface area contributed by atoms with Gasteiger partial charge in [0.25, 0.3) is 0 Å². The Morgan fingerprint density at radius 1 is 1.18 bits per heavy atom. The molecule has 2 nitrogen and oxygen atoms in total. The number of unbranched alkanes of at least 4 members (excludes halogenated alkanes) is 2. The van der Waals surface area contributed by atoms with E-state index in [0.29, 0.717) is 0 Å². The lowest BCUT2D eigenvalue weighted by Gasteiger charge is -2.36. The molecule has 1 rings (SSSR count). The third-order valence-electron chi connectivity index (χ3n) is 3.28. The van der Waals surface area contributed by atoms with Gasteiger partial charge in [0.1, 0.15) is 0 Å². The molecule has 0 spiro atoms. The second-order valence-electron chi connectivity index (χ2n) is 4.62. The molecule has 17 heavy (non-hydrogen) atoms. The first-order chi connectivity index (χ1) is 8.27. The van der Waals surface area contributed by atoms with Gasteiger partial charge in [-0.25, -0.2) is 0 Å². The number of rotatable bonds is 7. The quantitative estimate of drug-likeness (QED) is 0.493. The molecule has 0 aliphatic carbocycles. The van der Waals surface area contributed by atoms with E-state index < -0.39 is 0 Å². The average Bonchev–Trinajstić information content (AvgIpc) is 2.37. The van der Waals surface area contributed by atoms with Crippen molar-refractivity contribution in [3.05, 3.63) is 37.1 Å². The lowest BCUT2D eigenvalue weighted by atomic mass is 10.2. The van der Waals surface area contributed by atoms with Gasteiger partial charge in [-0.2, -0.15) is 0 Å². The summed E-state index contributed by atoms with van der Waals surface area (Å²) >= 11 is 0. The summed E-state index contributed by atoms with van der Waals surface area (Å²) in [6, 6.07) is 0. The zero-order chi connectivity index (χ0) is 12.5. The molecule has 0 bridgehead atoms. The molecule has 0 amide bonds. The molecule has 0 aromatic carbocycles. The first-order valence-corrected chi connectivity index (χ1v) is 6.73. The molecule has 1 fully saturated rings. The van der Waals surface area contributed by atoms with Gasteiger partial charge in [0, 0.05) is 31.9 Å². The Bertz CT molecular complexity index is 260. The Balaban J connectivity index is 2.23. The van der Waals surface area contributed by atoms with Gasteiger partial charge >= 0.3 is 0 Å². The van der Waals surface area contributed by atoms with Crippen molar-refractivity contribution in [1.82, 2.24) is 9.80 Å². The maximum Gasteiger partial charge on any atom is 0.0306 e. The maximum atomic E-state index is 4.09. The smallest absolute Gasteiger partial charge is 0.0306 e. The van der Waals surface area contributed by atoms with Crippen LogP contribution in [0.25, 0.3) is 0 Å². The van der Waals surface area contributed by atoms with Crippen LogP contribution in [0.15, 0.2) is 37.1 Å². The summed E-state index contributed by atoms with van der Waals surface area (Å²) in [6.45, 7) is 15.8. The standard InChI is InChI=1S/C15H26N2/c1-4-6-8-10-16-11-13-17(14-12-16)15(3)9-7-5-2/h5,7,9H,2-4,6,8,10-14H2,1H3/b9-7-. The first kappa shape index (κ1) is 14.0. The van der Waals surface area contributed by atoms with E-state index in [1.165, 1.54) is 38.9 Å². The molecule has 1 aliphatic rings. The normalized spacial score (nSPS) is 17.6. The fraction of sp³-hybridized carbons (Fsp3) is 0.600. The van der Waals surface area contributed by atoms with E-state index >= 15 is 0 Å². The molecule has 0 atom stereocenters. The molecule has 0 radical (unpaired) electrons. The molecule has 1 heterocycles. The predicted octanol–water partition coefficient (Wildman–Crippen LogP) is 3.05. The van der Waals surface area contributed by atoms with E-state index in [1.807, 2.05) is 12.2 Å². The molecule has 1 saturated heterocycles. The van der Waals surface area contributed by atoms with Crippen molar-refractivity contribution in [2.45, 2.75) is 26.2 Å². The number of hydrogen-bond donors (Lipinski definition) is 0. The molecular formula is C15H26N2. The molecule has 0 aromatic rings. The van der Waals surface area contributed by atoms with Gasteiger partial charge in [0.15, 0.2) is 0 Å². The molecule has 2 heteroatoms. The summed E-state index contributed by atoms with van der Waals surface area (Å²) in [7, 11) is 0. The second kappa shape index (κ2) is 8.13. The summed E-state index contributed by atoms with van der Waals surface area (Å²) in [6.07, 6.45) is 9.80. The lowest BCUT2D eigenvalue weighted by molar-refractivity contribution is 0.160. The van der Waals surface area contributed by atoms with Gasteiger partial charge < -0.3 is 4.90 Å². The van der Waals surface area contributed by atoms with Crippen molar-refractivity contribution in [2.24, 2.45) is 0 Å². The SMILES string of the molecule is C=C/C=C\C(=C)N1CCN(CCCCC)CC1. The largest absolute Gasteiger partial charge is 0.369 e. The van der Waals surface area contributed by atoms with Crippen LogP contribution in [0.1, 0.15) is 26.2 Å². The van der Waals surface area contributed by atoms with Crippen LogP contribution in [0.3, 0.4) is 0 Å². The van der Waals surface area contributed by atoms with Crippen LogP contribution in [-0.2, 0) is 0 Å². The highest BCUT2D eigenvalue weighted by atomic mass is 15.3. The molecular weight excluding hydrogens is 208 g/mol. The fourth-order valence-corrected chi connectivity index (χ4v) is 2.13. The van der Waals surface area contributed by atoms with Crippen molar-refractivity contribution in [3.8, 4) is 0 Å². The fourth-order valence-electron chi connectivity index (χ4n) is 2.13. The highest BCUT2D eigenvalue weighted by Gasteiger charge is 2.15. The first-order valence-electron chi connectivity index (χ1n) is 6.73. The summed E-state index contributed by atoms with van der Waals surface area (Å²) in [5, 5.41) is 0. The van der Waals surface area contributed by atoms with Crippen molar-refractivity contribution in [1.29, 1.82) is 0 Å². The van der Waals surface area contributed by atoms with Crippen LogP contribution in [0.2, 0.25) is 0 Å². The van der Waals surface area contributed by atoms with E-state index in [2.05, 4.69) is 29.9 Å². The Hall–Kier alpha value is -1.02. The van der Waals surface area contributed by atoms with Gasteiger partial charge in [-0.05, 0) is 19.0 Å². The Labute approximate surface area is 106 Å². The Morgan fingerprint density at radius 2 is 1.88 bits per heavy atom. The van der Waals surface area contributed by atoms with Gasteiger partial charge in [-0.1, -0.05) is 45.1 Å². The number of nitrogens with zero attached hydrogens (tertiary/aromatic N) is 2. The summed E-state index contributed by atoms with van der Waals surface area (Å²) < 4.78 is 0. The van der Waals surface area contributed by atoms with Crippen molar-refractivity contribution < 1.29 is 0 Å². The van der Waals surface area contributed by atoms with E-state index in [1.54, 1.807) is 6.08 Å². The Kier molecular flexibility index (Phi) is 6.71. The Morgan fingerprint density at radius 3 is 2.47 bits per heavy atom. The van der Waals surface area contributed by atoms with Crippen LogP contribution in [-0.4, -0.2) is 42.5 Å². The van der Waals surface area contributed by atoms with Gasteiger partial charge in [0.05, 0.1) is 0 Å². The third-order valence-corrected chi connectivity index (χ3v) is 3.28. The minimum absolute atomic E-state index is 1.10. The van der Waals surface area contributed by atoms with Crippen LogP contribution in [0.5, 0.6) is 0 Å². The predicted molar refractivity (Wildman–Crippen MR) is 76.0 cm³/mol. The summed E-state index contributed by atoms with van der Waals surface area (Å²) in [4.78, 5) is 4.92. The van der Waals surface area contributed by atoms with Crippen molar-refractivity contribution in [3.63, 3.8) is 0 Å². The second-order valence-corrected chi connectivity index (χ2v) is 4.62. The monoisotopic (exact) mass is 234 g/mol. The van der Waals surface area contributed by atoms with Crippen LogP contribution in [0, 0.1) is 0 Å². The molecule has 0 aromatic heterocycles. The average molecular weight is 234 g/mol. The van der Waals surface area contributed by atoms with Crippen molar-refractivity contribution in [2.75, 3.05) is 32.7 Å². The van der Waals surface area contributed by atoms with Gasteiger partial charge in [-0.3, -0.25) is 4.90 Å². The van der Waals surface area contributed by atoms with E-state index in [4.69, 9.17) is 0 Å². The molecule has 0 unspecified atom stereocenters. The molecule has 0 N–H and O–H groups in total. The van der Waals surface area contributed by atoms with Crippen LogP contribution < -0.4 is 0 Å². The molecule has 96 valence electrons. The van der Waals surface area contributed by atoms with E-state index in [9.17, 15) is 0 Å². The highest BCUT2D eigenvalue weighted by molar-refractivity contribution is 5.17. The minimum Gasteiger partial charge on any atom is -0.369 e. The maximum absolute atomic E-state index is 4.09. The van der Waals surface area contributed by atoms with Crippen molar-refractivity contribution >= 4 is 0 Å². The van der Waals surface area contributed by atoms with E-state index in [-0.39, 0.29) is 0 Å². The highest BCUT2D eigenvalue weighted by Crippen LogP contribution is 2.10. The molecule has 0 saturated carbocycles. The zero-order valence-electron chi connectivity index (χ0n) is 11.2. The molecule has 1 aliphatic heterocycles. The third kappa shape index (κ3) is 5.22. The summed E-state index contributed by atoms with van der Waals surface area (Å²) in [5.74, 6) is 0. The number of piperazine rings is 1. The number of allylic oxidation sites excluding steroid dienone is 3. The topological polar surface area (TPSA) is 6.48 Å². The minimum atomic E-state index is 1.10. The number of hydrogen-bond acceptors (Lipinski definition) is 2. The van der Waals surface area contributed by atoms with Crippen LogP contribution >= 0.6 is 0 Å². The van der Waals surface area contributed by atoms with Gasteiger partial charge in [0.2, 0.25) is 0 Å². The van der Waals surface area contributed by atoms with Gasteiger partial charge in [-0.15, -0.1) is 0 Å². The zero-order valence-corrected chi connectivity index (χ0v) is 11.2.